The van der Waals surface area contributed by atoms with Crippen LogP contribution < -0.4 is 10.1 Å². The molecular formula is C28H33N3O3. The first-order valence-corrected chi connectivity index (χ1v) is 11.8. The number of carbonyl (C=O) groups excluding carboxylic acids is 2. The van der Waals surface area contributed by atoms with Gasteiger partial charge in [-0.05, 0) is 61.5 Å². The summed E-state index contributed by atoms with van der Waals surface area (Å²) in [5.74, 6) is 0.591. The number of rotatable bonds is 7. The highest BCUT2D eigenvalue weighted by molar-refractivity contribution is 6.07. The van der Waals surface area contributed by atoms with Crippen molar-refractivity contribution in [1.82, 2.24) is 15.1 Å². The second kappa shape index (κ2) is 10.7. The van der Waals surface area contributed by atoms with E-state index in [4.69, 9.17) is 4.74 Å². The normalized spacial score (nSPS) is 16.9. The third-order valence-corrected chi connectivity index (χ3v) is 6.67. The Morgan fingerprint density at radius 2 is 1.85 bits per heavy atom. The summed E-state index contributed by atoms with van der Waals surface area (Å²) < 4.78 is 5.36. The molecule has 0 aliphatic carbocycles. The smallest absolute Gasteiger partial charge is 0.254 e. The van der Waals surface area contributed by atoms with Crippen LogP contribution in [0, 0.1) is 5.92 Å². The maximum absolute atomic E-state index is 13.4. The number of hydrogen-bond acceptors (Lipinski definition) is 4. The van der Waals surface area contributed by atoms with Gasteiger partial charge in [0.15, 0.2) is 0 Å². The molecule has 4 rings (SSSR count). The van der Waals surface area contributed by atoms with E-state index in [0.29, 0.717) is 25.2 Å². The zero-order valence-electron chi connectivity index (χ0n) is 20.2. The third kappa shape index (κ3) is 5.23. The van der Waals surface area contributed by atoms with E-state index in [1.807, 2.05) is 85.7 Å². The zero-order valence-corrected chi connectivity index (χ0v) is 20.2. The summed E-state index contributed by atoms with van der Waals surface area (Å²) in [5.41, 5.74) is 1.78. The van der Waals surface area contributed by atoms with E-state index >= 15 is 0 Å². The van der Waals surface area contributed by atoms with Crippen molar-refractivity contribution in [2.45, 2.75) is 18.9 Å². The lowest BCUT2D eigenvalue weighted by Gasteiger charge is -2.33. The fraction of sp³-hybridized carbons (Fsp3) is 0.357. The molecule has 0 spiro atoms. The van der Waals surface area contributed by atoms with E-state index in [1.54, 1.807) is 7.11 Å². The van der Waals surface area contributed by atoms with E-state index < -0.39 is 0 Å². The average Bonchev–Trinajstić information content (AvgIpc) is 2.88. The molecule has 3 aromatic rings. The van der Waals surface area contributed by atoms with Crippen molar-refractivity contribution < 1.29 is 14.3 Å². The Hall–Kier alpha value is -3.38. The molecule has 1 aliphatic heterocycles. The number of ether oxygens (including phenoxy) is 1. The van der Waals surface area contributed by atoms with Crippen molar-refractivity contribution in [3.8, 4) is 5.75 Å². The average molecular weight is 460 g/mol. The maximum Gasteiger partial charge on any atom is 0.254 e. The van der Waals surface area contributed by atoms with Gasteiger partial charge in [0.1, 0.15) is 5.75 Å². The number of amides is 2. The Balaban J connectivity index is 1.42. The molecule has 0 bridgehead atoms. The van der Waals surface area contributed by atoms with Crippen LogP contribution in [0.2, 0.25) is 0 Å². The molecule has 3 aromatic carbocycles. The topological polar surface area (TPSA) is 61.9 Å². The quantitative estimate of drug-likeness (QED) is 0.577. The van der Waals surface area contributed by atoms with Gasteiger partial charge in [-0.15, -0.1) is 0 Å². The lowest BCUT2D eigenvalue weighted by molar-refractivity contribution is -0.126. The van der Waals surface area contributed by atoms with Crippen molar-refractivity contribution in [3.63, 3.8) is 0 Å². The number of nitrogens with zero attached hydrogens (tertiary/aromatic N) is 2. The summed E-state index contributed by atoms with van der Waals surface area (Å²) in [7, 11) is 5.66. The van der Waals surface area contributed by atoms with Gasteiger partial charge in [0.05, 0.1) is 19.1 Å². The molecule has 34 heavy (non-hydrogen) atoms. The molecule has 0 radical (unpaired) electrons. The van der Waals surface area contributed by atoms with E-state index in [0.717, 1.165) is 34.9 Å². The molecule has 2 unspecified atom stereocenters. The molecule has 1 N–H and O–H groups in total. The molecule has 2 atom stereocenters. The first-order chi connectivity index (χ1) is 16.5. The Bertz CT molecular complexity index is 1160. The number of benzene rings is 3. The van der Waals surface area contributed by atoms with E-state index in [9.17, 15) is 9.59 Å². The van der Waals surface area contributed by atoms with Crippen LogP contribution in [0.3, 0.4) is 0 Å². The van der Waals surface area contributed by atoms with Crippen molar-refractivity contribution >= 4 is 22.6 Å². The van der Waals surface area contributed by atoms with Gasteiger partial charge in [-0.25, -0.2) is 0 Å². The first-order valence-electron chi connectivity index (χ1n) is 11.8. The van der Waals surface area contributed by atoms with Crippen LogP contribution in [-0.2, 0) is 4.79 Å². The molecule has 6 nitrogen and oxygen atoms in total. The summed E-state index contributed by atoms with van der Waals surface area (Å²) in [4.78, 5) is 30.4. The standard InChI is InChI=1S/C28H33N3O3/c1-30(2)26(21-11-6-13-23(17-21)34-3)18-29-27(32)22-12-8-16-31(19-22)28(33)25-15-7-10-20-9-4-5-14-24(20)25/h4-7,9-11,13-15,17,22,26H,8,12,16,18-19H2,1-3H3,(H,29,32). The number of fused-ring (bicyclic) bond motifs is 1. The van der Waals surface area contributed by atoms with Crippen LogP contribution in [0.5, 0.6) is 5.75 Å². The molecule has 1 fully saturated rings. The summed E-state index contributed by atoms with van der Waals surface area (Å²) in [6.07, 6.45) is 1.61. The van der Waals surface area contributed by atoms with Gasteiger partial charge in [0, 0.05) is 25.2 Å². The summed E-state index contributed by atoms with van der Waals surface area (Å²) in [6.45, 7) is 1.61. The van der Waals surface area contributed by atoms with Crippen LogP contribution in [0.4, 0.5) is 0 Å². The molecular weight excluding hydrogens is 426 g/mol. The van der Waals surface area contributed by atoms with Crippen LogP contribution in [-0.4, -0.2) is 62.5 Å². The highest BCUT2D eigenvalue weighted by Gasteiger charge is 2.30. The molecule has 178 valence electrons. The van der Waals surface area contributed by atoms with Gasteiger partial charge in [-0.2, -0.15) is 0 Å². The first kappa shape index (κ1) is 23.8. The minimum absolute atomic E-state index is 0.00292. The minimum atomic E-state index is -0.208. The maximum atomic E-state index is 13.4. The predicted molar refractivity (Wildman–Crippen MR) is 135 cm³/mol. The number of piperidine rings is 1. The van der Waals surface area contributed by atoms with Crippen molar-refractivity contribution in [3.05, 3.63) is 77.9 Å². The second-order valence-electron chi connectivity index (χ2n) is 9.12. The van der Waals surface area contributed by atoms with Gasteiger partial charge >= 0.3 is 0 Å². The van der Waals surface area contributed by atoms with Crippen LogP contribution >= 0.6 is 0 Å². The lowest BCUT2D eigenvalue weighted by atomic mass is 9.95. The van der Waals surface area contributed by atoms with Crippen molar-refractivity contribution in [2.75, 3.05) is 40.8 Å². The van der Waals surface area contributed by atoms with Crippen molar-refractivity contribution in [2.24, 2.45) is 5.92 Å². The molecule has 1 heterocycles. The number of hydrogen-bond donors (Lipinski definition) is 1. The third-order valence-electron chi connectivity index (χ3n) is 6.67. The number of carbonyl (C=O) groups is 2. The Morgan fingerprint density at radius 3 is 2.65 bits per heavy atom. The molecule has 1 saturated heterocycles. The molecule has 6 heteroatoms. The van der Waals surface area contributed by atoms with Gasteiger partial charge < -0.3 is 19.9 Å². The summed E-state index contributed by atoms with van der Waals surface area (Å²) >= 11 is 0. The largest absolute Gasteiger partial charge is 0.497 e. The summed E-state index contributed by atoms with van der Waals surface area (Å²) in [6, 6.07) is 21.7. The number of methoxy groups -OCH3 is 1. The fourth-order valence-corrected chi connectivity index (χ4v) is 4.75. The number of likely N-dealkylation sites (N-methyl/N-ethyl adjacent to an activating group) is 1. The highest BCUT2D eigenvalue weighted by Crippen LogP contribution is 2.25. The SMILES string of the molecule is COc1cccc(C(CNC(=O)C2CCCN(C(=O)c3cccc4ccccc34)C2)N(C)C)c1. The Kier molecular flexibility index (Phi) is 7.48. The van der Waals surface area contributed by atoms with E-state index in [-0.39, 0.29) is 23.8 Å². The predicted octanol–water partition coefficient (Wildman–Crippen LogP) is 4.12. The summed E-state index contributed by atoms with van der Waals surface area (Å²) in [5, 5.41) is 5.14. The molecule has 0 saturated carbocycles. The van der Waals surface area contributed by atoms with Crippen LogP contribution in [0.25, 0.3) is 10.8 Å². The molecule has 0 aromatic heterocycles. The van der Waals surface area contributed by atoms with Crippen molar-refractivity contribution in [1.29, 1.82) is 0 Å². The number of nitrogens with one attached hydrogen (secondary N) is 1. The van der Waals surface area contributed by atoms with E-state index in [2.05, 4.69) is 10.2 Å². The highest BCUT2D eigenvalue weighted by atomic mass is 16.5. The second-order valence-corrected chi connectivity index (χ2v) is 9.12. The van der Waals surface area contributed by atoms with Gasteiger partial charge in [0.25, 0.3) is 5.91 Å². The van der Waals surface area contributed by atoms with E-state index in [1.165, 1.54) is 0 Å². The lowest BCUT2D eigenvalue weighted by Crippen LogP contribution is -2.46. The molecule has 1 aliphatic rings. The van der Waals surface area contributed by atoms with Gasteiger partial charge in [0.2, 0.25) is 5.91 Å². The van der Waals surface area contributed by atoms with Crippen LogP contribution in [0.1, 0.15) is 34.8 Å². The van der Waals surface area contributed by atoms with Gasteiger partial charge in [-0.3, -0.25) is 9.59 Å². The Morgan fingerprint density at radius 1 is 1.09 bits per heavy atom. The Labute approximate surface area is 201 Å². The fourth-order valence-electron chi connectivity index (χ4n) is 4.75. The number of likely N-dealkylation sites (tertiary alicyclic amines) is 1. The molecule has 2 amide bonds. The zero-order chi connectivity index (χ0) is 24.1. The minimum Gasteiger partial charge on any atom is -0.497 e. The van der Waals surface area contributed by atoms with Gasteiger partial charge in [-0.1, -0.05) is 48.5 Å². The monoisotopic (exact) mass is 459 g/mol. The van der Waals surface area contributed by atoms with Crippen LogP contribution in [0.15, 0.2) is 66.7 Å².